The summed E-state index contributed by atoms with van der Waals surface area (Å²) in [7, 11) is 0. The van der Waals surface area contributed by atoms with Crippen LogP contribution in [0.1, 0.15) is 24.8 Å². The van der Waals surface area contributed by atoms with Crippen molar-refractivity contribution in [3.8, 4) is 0 Å². The van der Waals surface area contributed by atoms with Crippen LogP contribution in [0.4, 0.5) is 5.69 Å². The standard InChI is InChI=1S/C14H16N4O4/c19-13(14(20)17-8-4-1-5-9-17)16-15-10-11-6-2-3-7-12(11)18(21)22/h2-3,6-7,10H,1,4-5,8-9H2,(H,16,19). The van der Waals surface area contributed by atoms with Gasteiger partial charge in [-0.15, -0.1) is 0 Å². The Hall–Kier alpha value is -2.77. The quantitative estimate of drug-likeness (QED) is 0.390. The van der Waals surface area contributed by atoms with Crippen molar-refractivity contribution in [3.05, 3.63) is 39.9 Å². The van der Waals surface area contributed by atoms with Gasteiger partial charge in [0.15, 0.2) is 0 Å². The van der Waals surface area contributed by atoms with Crippen LogP contribution in [0.15, 0.2) is 29.4 Å². The molecule has 0 bridgehead atoms. The number of para-hydroxylation sites is 1. The monoisotopic (exact) mass is 304 g/mol. The number of rotatable bonds is 3. The van der Waals surface area contributed by atoms with Crippen molar-refractivity contribution >= 4 is 23.7 Å². The summed E-state index contributed by atoms with van der Waals surface area (Å²) in [6.07, 6.45) is 3.98. The molecule has 2 rings (SSSR count). The number of nitrogens with zero attached hydrogens (tertiary/aromatic N) is 3. The van der Waals surface area contributed by atoms with Crippen LogP contribution in [-0.4, -0.2) is 40.9 Å². The van der Waals surface area contributed by atoms with Gasteiger partial charge < -0.3 is 4.90 Å². The first-order chi connectivity index (χ1) is 10.6. The summed E-state index contributed by atoms with van der Waals surface area (Å²) < 4.78 is 0. The Kier molecular flexibility index (Phi) is 5.18. The van der Waals surface area contributed by atoms with Crippen molar-refractivity contribution in [2.75, 3.05) is 13.1 Å². The van der Waals surface area contributed by atoms with Crippen molar-refractivity contribution < 1.29 is 14.5 Å². The lowest BCUT2D eigenvalue weighted by atomic mass is 10.1. The first kappa shape index (κ1) is 15.6. The first-order valence-corrected chi connectivity index (χ1v) is 6.95. The molecule has 8 heteroatoms. The van der Waals surface area contributed by atoms with Crippen LogP contribution in [0.25, 0.3) is 0 Å². The lowest BCUT2D eigenvalue weighted by Crippen LogP contribution is -2.43. The molecule has 1 aliphatic rings. The Bertz CT molecular complexity index is 609. The molecular formula is C14H16N4O4. The molecule has 1 aliphatic heterocycles. The van der Waals surface area contributed by atoms with Gasteiger partial charge in [0.1, 0.15) is 0 Å². The number of piperidine rings is 1. The van der Waals surface area contributed by atoms with Gasteiger partial charge in [-0.05, 0) is 25.3 Å². The summed E-state index contributed by atoms with van der Waals surface area (Å²) in [6, 6.07) is 5.99. The molecule has 1 saturated heterocycles. The van der Waals surface area contributed by atoms with Gasteiger partial charge in [0.05, 0.1) is 16.7 Å². The lowest BCUT2D eigenvalue weighted by Gasteiger charge is -2.25. The maximum atomic E-state index is 11.8. The van der Waals surface area contributed by atoms with Gasteiger partial charge in [-0.1, -0.05) is 12.1 Å². The largest absolute Gasteiger partial charge is 0.334 e. The molecule has 0 aliphatic carbocycles. The van der Waals surface area contributed by atoms with E-state index in [4.69, 9.17) is 0 Å². The minimum Gasteiger partial charge on any atom is -0.334 e. The molecule has 1 heterocycles. The second kappa shape index (κ2) is 7.30. The summed E-state index contributed by atoms with van der Waals surface area (Å²) in [6.45, 7) is 1.14. The molecule has 0 aromatic heterocycles. The summed E-state index contributed by atoms with van der Waals surface area (Å²) in [4.78, 5) is 35.3. The van der Waals surface area contributed by atoms with Crippen molar-refractivity contribution in [1.29, 1.82) is 0 Å². The Morgan fingerprint density at radius 1 is 1.23 bits per heavy atom. The molecule has 1 fully saturated rings. The number of hydrogen-bond donors (Lipinski definition) is 1. The number of amides is 2. The molecule has 2 amide bonds. The molecule has 1 aromatic carbocycles. The predicted octanol–water partition coefficient (Wildman–Crippen LogP) is 1.06. The Balaban J connectivity index is 1.96. The molecule has 8 nitrogen and oxygen atoms in total. The lowest BCUT2D eigenvalue weighted by molar-refractivity contribution is -0.385. The zero-order valence-electron chi connectivity index (χ0n) is 11.9. The Morgan fingerprint density at radius 3 is 2.59 bits per heavy atom. The number of carbonyl (C=O) groups is 2. The van der Waals surface area contributed by atoms with Gasteiger partial charge in [0, 0.05) is 19.2 Å². The van der Waals surface area contributed by atoms with E-state index >= 15 is 0 Å². The molecule has 0 unspecified atom stereocenters. The SMILES string of the molecule is O=C(NN=Cc1ccccc1[N+](=O)[O-])C(=O)N1CCCCC1. The van der Waals surface area contributed by atoms with Gasteiger partial charge >= 0.3 is 11.8 Å². The third-order valence-corrected chi connectivity index (χ3v) is 3.34. The number of hydrazone groups is 1. The highest BCUT2D eigenvalue weighted by Gasteiger charge is 2.22. The van der Waals surface area contributed by atoms with E-state index < -0.39 is 16.7 Å². The van der Waals surface area contributed by atoms with Gasteiger partial charge in [-0.3, -0.25) is 19.7 Å². The molecule has 0 radical (unpaired) electrons. The van der Waals surface area contributed by atoms with Crippen molar-refractivity contribution in [1.82, 2.24) is 10.3 Å². The van der Waals surface area contributed by atoms with E-state index in [1.807, 2.05) is 0 Å². The van der Waals surface area contributed by atoms with Crippen LogP contribution in [0.2, 0.25) is 0 Å². The van der Waals surface area contributed by atoms with Gasteiger partial charge in [0.2, 0.25) is 0 Å². The van der Waals surface area contributed by atoms with Gasteiger partial charge in [-0.25, -0.2) is 5.43 Å². The topological polar surface area (TPSA) is 105 Å². The molecule has 0 atom stereocenters. The van der Waals surface area contributed by atoms with Crippen molar-refractivity contribution in [2.24, 2.45) is 5.10 Å². The highest BCUT2D eigenvalue weighted by molar-refractivity contribution is 6.35. The second-order valence-corrected chi connectivity index (χ2v) is 4.87. The third kappa shape index (κ3) is 3.87. The smallest absolute Gasteiger partial charge is 0.329 e. The summed E-state index contributed by atoms with van der Waals surface area (Å²) in [5.41, 5.74) is 2.24. The van der Waals surface area contributed by atoms with Crippen LogP contribution >= 0.6 is 0 Å². The molecule has 22 heavy (non-hydrogen) atoms. The maximum Gasteiger partial charge on any atom is 0.329 e. The average Bonchev–Trinajstić information content (AvgIpc) is 2.55. The number of benzene rings is 1. The zero-order valence-corrected chi connectivity index (χ0v) is 11.9. The molecule has 1 N–H and O–H groups in total. The Labute approximate surface area is 126 Å². The fourth-order valence-corrected chi connectivity index (χ4v) is 2.21. The highest BCUT2D eigenvalue weighted by atomic mass is 16.6. The van der Waals surface area contributed by atoms with Crippen molar-refractivity contribution in [2.45, 2.75) is 19.3 Å². The molecule has 1 aromatic rings. The third-order valence-electron chi connectivity index (χ3n) is 3.34. The fraction of sp³-hybridized carbons (Fsp3) is 0.357. The van der Waals surface area contributed by atoms with Crippen molar-refractivity contribution in [3.63, 3.8) is 0 Å². The van der Waals surface area contributed by atoms with Gasteiger partial charge in [0.25, 0.3) is 5.69 Å². The first-order valence-electron chi connectivity index (χ1n) is 6.95. The summed E-state index contributed by atoms with van der Waals surface area (Å²) in [5, 5.41) is 14.5. The number of nitro benzene ring substituents is 1. The number of hydrogen-bond acceptors (Lipinski definition) is 5. The zero-order chi connectivity index (χ0) is 15.9. The van der Waals surface area contributed by atoms with Gasteiger partial charge in [-0.2, -0.15) is 5.10 Å². The predicted molar refractivity (Wildman–Crippen MR) is 79.3 cm³/mol. The number of nitrogens with one attached hydrogen (secondary N) is 1. The second-order valence-electron chi connectivity index (χ2n) is 4.87. The van der Waals surface area contributed by atoms with Crippen LogP contribution in [0.3, 0.4) is 0 Å². The molecule has 0 saturated carbocycles. The normalized spacial score (nSPS) is 14.8. The minimum atomic E-state index is -0.836. The molecular weight excluding hydrogens is 288 g/mol. The molecule has 116 valence electrons. The van der Waals surface area contributed by atoms with Crippen LogP contribution < -0.4 is 5.43 Å². The Morgan fingerprint density at radius 2 is 1.91 bits per heavy atom. The van der Waals surface area contributed by atoms with E-state index in [2.05, 4.69) is 10.5 Å². The number of carbonyl (C=O) groups excluding carboxylic acids is 2. The van der Waals surface area contributed by atoms with E-state index in [1.54, 1.807) is 6.07 Å². The fourth-order valence-electron chi connectivity index (χ4n) is 2.21. The summed E-state index contributed by atoms with van der Waals surface area (Å²) >= 11 is 0. The van der Waals surface area contributed by atoms with Crippen LogP contribution in [0.5, 0.6) is 0 Å². The average molecular weight is 304 g/mol. The number of nitro groups is 1. The summed E-state index contributed by atoms with van der Waals surface area (Å²) in [5.74, 6) is -1.46. The number of likely N-dealkylation sites (tertiary alicyclic amines) is 1. The van der Waals surface area contributed by atoms with E-state index in [9.17, 15) is 19.7 Å². The maximum absolute atomic E-state index is 11.8. The van der Waals surface area contributed by atoms with Crippen LogP contribution in [0, 0.1) is 10.1 Å². The highest BCUT2D eigenvalue weighted by Crippen LogP contribution is 2.15. The van der Waals surface area contributed by atoms with Crippen LogP contribution in [-0.2, 0) is 9.59 Å². The van der Waals surface area contributed by atoms with E-state index in [0.717, 1.165) is 25.5 Å². The van der Waals surface area contributed by atoms with E-state index in [-0.39, 0.29) is 11.3 Å². The molecule has 0 spiro atoms. The van der Waals surface area contributed by atoms with E-state index in [0.29, 0.717) is 13.1 Å². The minimum absolute atomic E-state index is 0.122. The van der Waals surface area contributed by atoms with E-state index in [1.165, 1.54) is 23.1 Å².